The fraction of sp³-hybridized carbons (Fsp3) is 1.00. The molecule has 3 N–H and O–H groups in total. The molecule has 0 unspecified atom stereocenters. The first-order valence-corrected chi connectivity index (χ1v) is 4.15. The molecule has 0 amide bonds. The van der Waals surface area contributed by atoms with E-state index in [1.807, 2.05) is 0 Å². The van der Waals surface area contributed by atoms with Gasteiger partial charge in [-0.15, -0.1) is 0 Å². The number of aliphatic hydroxyl groups is 1. The van der Waals surface area contributed by atoms with E-state index in [9.17, 15) is 5.11 Å². The lowest BCUT2D eigenvalue weighted by molar-refractivity contribution is 0.0464. The Morgan fingerprint density at radius 1 is 1.60 bits per heavy atom. The maximum Gasteiger partial charge on any atom is 0.0611 e. The monoisotopic (exact) mass is 141 g/mol. The predicted molar refractivity (Wildman–Crippen MR) is 39.5 cm³/mol. The second-order valence-corrected chi connectivity index (χ2v) is 3.93. The van der Waals surface area contributed by atoms with Crippen LogP contribution in [0.15, 0.2) is 0 Å². The molecule has 2 nitrogen and oxygen atoms in total. The normalized spacial score (nSPS) is 52.2. The van der Waals surface area contributed by atoms with Gasteiger partial charge in [0.15, 0.2) is 0 Å². The topological polar surface area (TPSA) is 46.2 Å². The standard InChI is InChI=1S/C8H15NO/c9-5-8-2-1-6(4-8)3-7(8)10/h6-7,10H,1-5,9H2/t6-,7-,8-/m1/s1. The van der Waals surface area contributed by atoms with Gasteiger partial charge < -0.3 is 10.8 Å². The summed E-state index contributed by atoms with van der Waals surface area (Å²) in [5.74, 6) is 0.790. The molecule has 2 fully saturated rings. The lowest BCUT2D eigenvalue weighted by atomic mass is 9.82. The second kappa shape index (κ2) is 1.95. The van der Waals surface area contributed by atoms with Crippen LogP contribution >= 0.6 is 0 Å². The van der Waals surface area contributed by atoms with E-state index in [0.29, 0.717) is 6.54 Å². The van der Waals surface area contributed by atoms with E-state index in [-0.39, 0.29) is 11.5 Å². The van der Waals surface area contributed by atoms with Crippen LogP contribution in [0.25, 0.3) is 0 Å². The lowest BCUT2D eigenvalue weighted by Gasteiger charge is -2.29. The van der Waals surface area contributed by atoms with E-state index < -0.39 is 0 Å². The highest BCUT2D eigenvalue weighted by atomic mass is 16.3. The van der Waals surface area contributed by atoms with Gasteiger partial charge in [0.25, 0.3) is 0 Å². The van der Waals surface area contributed by atoms with Crippen molar-refractivity contribution in [2.45, 2.75) is 31.8 Å². The van der Waals surface area contributed by atoms with E-state index in [1.165, 1.54) is 12.8 Å². The Labute approximate surface area is 61.4 Å². The molecule has 3 atom stereocenters. The first kappa shape index (κ1) is 6.62. The number of hydrogen-bond donors (Lipinski definition) is 2. The van der Waals surface area contributed by atoms with E-state index in [1.54, 1.807) is 0 Å². The van der Waals surface area contributed by atoms with Crippen molar-refractivity contribution in [1.82, 2.24) is 0 Å². The van der Waals surface area contributed by atoms with Crippen LogP contribution in [0, 0.1) is 11.3 Å². The minimum absolute atomic E-state index is 0.0868. The van der Waals surface area contributed by atoms with Crippen molar-refractivity contribution in [2.24, 2.45) is 17.1 Å². The third-order valence-corrected chi connectivity index (χ3v) is 3.42. The van der Waals surface area contributed by atoms with Crippen molar-refractivity contribution in [3.05, 3.63) is 0 Å². The van der Waals surface area contributed by atoms with E-state index in [2.05, 4.69) is 0 Å². The number of hydrogen-bond acceptors (Lipinski definition) is 2. The summed E-state index contributed by atoms with van der Waals surface area (Å²) in [7, 11) is 0. The van der Waals surface area contributed by atoms with E-state index >= 15 is 0 Å². The van der Waals surface area contributed by atoms with Crippen molar-refractivity contribution in [2.75, 3.05) is 6.54 Å². The third-order valence-electron chi connectivity index (χ3n) is 3.42. The zero-order chi connectivity index (χ0) is 7.19. The van der Waals surface area contributed by atoms with Gasteiger partial charge in [-0.3, -0.25) is 0 Å². The van der Waals surface area contributed by atoms with Gasteiger partial charge in [0.05, 0.1) is 6.10 Å². The van der Waals surface area contributed by atoms with Crippen LogP contribution in [0.1, 0.15) is 25.7 Å². The molecular weight excluding hydrogens is 126 g/mol. The largest absolute Gasteiger partial charge is 0.392 e. The predicted octanol–water partition coefficient (Wildman–Crippen LogP) is 0.496. The SMILES string of the molecule is NC[C@]12CC[C@H](C[C@H]1O)C2. The average molecular weight is 141 g/mol. The Kier molecular flexibility index (Phi) is 1.29. The van der Waals surface area contributed by atoms with Crippen LogP contribution < -0.4 is 5.73 Å². The molecule has 2 rings (SSSR count). The molecule has 0 saturated heterocycles. The van der Waals surface area contributed by atoms with Crippen molar-refractivity contribution >= 4 is 0 Å². The molecule has 0 aliphatic heterocycles. The van der Waals surface area contributed by atoms with E-state index in [4.69, 9.17) is 5.73 Å². The Morgan fingerprint density at radius 3 is 2.70 bits per heavy atom. The summed E-state index contributed by atoms with van der Waals surface area (Å²) in [6.45, 7) is 0.685. The van der Waals surface area contributed by atoms with Crippen LogP contribution in [-0.2, 0) is 0 Å². The first-order chi connectivity index (χ1) is 4.77. The van der Waals surface area contributed by atoms with Gasteiger partial charge in [0.1, 0.15) is 0 Å². The smallest absolute Gasteiger partial charge is 0.0611 e. The molecule has 0 radical (unpaired) electrons. The molecule has 2 aliphatic carbocycles. The maximum atomic E-state index is 9.59. The number of nitrogens with two attached hydrogens (primary N) is 1. The van der Waals surface area contributed by atoms with Gasteiger partial charge >= 0.3 is 0 Å². The second-order valence-electron chi connectivity index (χ2n) is 3.93. The molecule has 0 aromatic heterocycles. The molecule has 2 aliphatic rings. The summed E-state index contributed by atoms with van der Waals surface area (Å²) in [6.07, 6.45) is 4.57. The van der Waals surface area contributed by atoms with Gasteiger partial charge in [-0.2, -0.15) is 0 Å². The summed E-state index contributed by atoms with van der Waals surface area (Å²) < 4.78 is 0. The Morgan fingerprint density at radius 2 is 2.40 bits per heavy atom. The number of fused-ring (bicyclic) bond motifs is 2. The zero-order valence-corrected chi connectivity index (χ0v) is 6.21. The minimum Gasteiger partial charge on any atom is -0.392 e. The first-order valence-electron chi connectivity index (χ1n) is 4.15. The summed E-state index contributed by atoms with van der Waals surface area (Å²) in [5.41, 5.74) is 5.78. The molecular formula is C8H15NO. The van der Waals surface area contributed by atoms with Gasteiger partial charge in [0, 0.05) is 12.0 Å². The van der Waals surface area contributed by atoms with Gasteiger partial charge in [-0.25, -0.2) is 0 Å². The molecule has 2 heteroatoms. The van der Waals surface area contributed by atoms with Crippen molar-refractivity contribution < 1.29 is 5.11 Å². The van der Waals surface area contributed by atoms with Crippen LogP contribution in [-0.4, -0.2) is 17.8 Å². The van der Waals surface area contributed by atoms with Crippen LogP contribution in [0.3, 0.4) is 0 Å². The third kappa shape index (κ3) is 0.663. The van der Waals surface area contributed by atoms with Gasteiger partial charge in [0.2, 0.25) is 0 Å². The molecule has 2 saturated carbocycles. The quantitative estimate of drug-likeness (QED) is 0.558. The number of aliphatic hydroxyl groups excluding tert-OH is 1. The molecule has 0 heterocycles. The highest BCUT2D eigenvalue weighted by Crippen LogP contribution is 2.53. The van der Waals surface area contributed by atoms with Crippen LogP contribution in [0.2, 0.25) is 0 Å². The Balaban J connectivity index is 2.19. The fourth-order valence-electron chi connectivity index (χ4n) is 2.66. The highest BCUT2D eigenvalue weighted by Gasteiger charge is 2.50. The molecule has 10 heavy (non-hydrogen) atoms. The van der Waals surface area contributed by atoms with Gasteiger partial charge in [-0.05, 0) is 31.6 Å². The zero-order valence-electron chi connectivity index (χ0n) is 6.21. The summed E-state index contributed by atoms with van der Waals surface area (Å²) in [4.78, 5) is 0. The van der Waals surface area contributed by atoms with E-state index in [0.717, 1.165) is 18.8 Å². The number of rotatable bonds is 1. The summed E-state index contributed by atoms with van der Waals surface area (Å²) >= 11 is 0. The Bertz CT molecular complexity index is 148. The molecule has 0 aromatic carbocycles. The maximum absolute atomic E-state index is 9.59. The van der Waals surface area contributed by atoms with Crippen molar-refractivity contribution in [3.8, 4) is 0 Å². The highest BCUT2D eigenvalue weighted by molar-refractivity contribution is 5.02. The molecule has 58 valence electrons. The minimum atomic E-state index is -0.0868. The van der Waals surface area contributed by atoms with Gasteiger partial charge in [-0.1, -0.05) is 0 Å². The molecule has 0 spiro atoms. The molecule has 2 bridgehead atoms. The summed E-state index contributed by atoms with van der Waals surface area (Å²) in [5, 5.41) is 9.59. The fourth-order valence-corrected chi connectivity index (χ4v) is 2.66. The summed E-state index contributed by atoms with van der Waals surface area (Å²) in [6, 6.07) is 0. The van der Waals surface area contributed by atoms with Crippen LogP contribution in [0.5, 0.6) is 0 Å². The van der Waals surface area contributed by atoms with Crippen LogP contribution in [0.4, 0.5) is 0 Å². The van der Waals surface area contributed by atoms with Crippen molar-refractivity contribution in [1.29, 1.82) is 0 Å². The molecule has 0 aromatic rings. The lowest BCUT2D eigenvalue weighted by Crippen LogP contribution is -2.37. The average Bonchev–Trinajstić information content (AvgIpc) is 2.44. The van der Waals surface area contributed by atoms with Crippen molar-refractivity contribution in [3.63, 3.8) is 0 Å². The Hall–Kier alpha value is -0.0800.